The average molecular weight is 268 g/mol. The highest BCUT2D eigenvalue weighted by Gasteiger charge is 2.66. The van der Waals surface area contributed by atoms with Crippen LogP contribution >= 0.6 is 10.2 Å². The van der Waals surface area contributed by atoms with Crippen molar-refractivity contribution in [2.24, 2.45) is 0 Å². The van der Waals surface area contributed by atoms with E-state index in [-0.39, 0.29) is 10.9 Å². The molecule has 0 heterocycles. The van der Waals surface area contributed by atoms with Crippen LogP contribution < -0.4 is 0 Å². The molecule has 0 aromatic heterocycles. The third-order valence-corrected chi connectivity index (χ3v) is 3.66. The first-order chi connectivity index (χ1) is 7.49. The van der Waals surface area contributed by atoms with Crippen molar-refractivity contribution in [3.63, 3.8) is 0 Å². The van der Waals surface area contributed by atoms with Crippen molar-refractivity contribution >= 4 is 21.0 Å². The summed E-state index contributed by atoms with van der Waals surface area (Å²) in [6, 6.07) is 7.12. The molecule has 17 heavy (non-hydrogen) atoms. The minimum Gasteiger partial charge on any atom is -0.0936 e. The van der Waals surface area contributed by atoms with Gasteiger partial charge < -0.3 is 0 Å². The van der Waals surface area contributed by atoms with Gasteiger partial charge in [-0.3, -0.25) is 0 Å². The van der Waals surface area contributed by atoms with Crippen molar-refractivity contribution in [2.45, 2.75) is 11.8 Å². The van der Waals surface area contributed by atoms with Gasteiger partial charge in [0.15, 0.2) is 0 Å². The van der Waals surface area contributed by atoms with E-state index in [9.17, 15) is 19.4 Å². The van der Waals surface area contributed by atoms with Crippen LogP contribution in [0, 0.1) is 6.92 Å². The summed E-state index contributed by atoms with van der Waals surface area (Å²) in [6.07, 6.45) is 0. The maximum atomic E-state index is 12.9. The Balaban J connectivity index is 3.00. The van der Waals surface area contributed by atoms with Gasteiger partial charge in [0.2, 0.25) is 0 Å². The van der Waals surface area contributed by atoms with Gasteiger partial charge in [0.25, 0.3) is 0 Å². The van der Waals surface area contributed by atoms with E-state index in [4.69, 9.17) is 0 Å². The van der Waals surface area contributed by atoms with Crippen LogP contribution in [0.25, 0.3) is 10.8 Å². The Morgan fingerprint density at radius 3 is 1.88 bits per heavy atom. The highest BCUT2D eigenvalue weighted by Crippen LogP contribution is 3.02. The minimum absolute atomic E-state index is 0.163. The molecule has 0 aliphatic heterocycles. The van der Waals surface area contributed by atoms with E-state index in [1.165, 1.54) is 31.2 Å². The van der Waals surface area contributed by atoms with Crippen molar-refractivity contribution in [3.05, 3.63) is 42.0 Å². The van der Waals surface area contributed by atoms with Gasteiger partial charge in [-0.2, -0.15) is 0 Å². The summed E-state index contributed by atoms with van der Waals surface area (Å²) in [6.45, 7) is 1.38. The van der Waals surface area contributed by atoms with Crippen molar-refractivity contribution in [1.82, 2.24) is 0 Å². The van der Waals surface area contributed by atoms with Crippen LogP contribution in [-0.4, -0.2) is 0 Å². The van der Waals surface area contributed by atoms with Crippen molar-refractivity contribution in [2.75, 3.05) is 0 Å². The minimum atomic E-state index is -9.64. The first-order valence-corrected chi connectivity index (χ1v) is 6.66. The number of hydrogen-bond donors (Lipinski definition) is 0. The van der Waals surface area contributed by atoms with E-state index < -0.39 is 20.5 Å². The average Bonchev–Trinajstić information content (AvgIpc) is 2.14. The predicted octanol–water partition coefficient (Wildman–Crippen LogP) is 5.81. The zero-order chi connectivity index (χ0) is 13.0. The van der Waals surface area contributed by atoms with Crippen LogP contribution in [0.15, 0.2) is 41.3 Å². The summed E-state index contributed by atoms with van der Waals surface area (Å²) in [7, 11) is -9.64. The van der Waals surface area contributed by atoms with Crippen molar-refractivity contribution < 1.29 is 19.4 Å². The molecule has 0 saturated heterocycles. The van der Waals surface area contributed by atoms with Crippen LogP contribution in [0.3, 0.4) is 0 Å². The molecule has 0 N–H and O–H groups in total. The normalized spacial score (nSPS) is 16.6. The van der Waals surface area contributed by atoms with Crippen molar-refractivity contribution in [3.8, 4) is 0 Å². The highest BCUT2D eigenvalue weighted by molar-refractivity contribution is 8.46. The van der Waals surface area contributed by atoms with E-state index in [0.717, 1.165) is 6.07 Å². The number of aryl methyl sites for hydroxylation is 1. The molecular formula is C11H9F5S. The standard InChI is InChI=1S/C11H9F5S/c1-8-4-2-5-9-6-3-7-10(11(8)9)17(12,13,14,15)16/h2-7H,1H3. The Bertz CT molecular complexity index is 595. The lowest BCUT2D eigenvalue weighted by molar-refractivity contribution is 0.365. The number of halogens is 5. The van der Waals surface area contributed by atoms with Crippen LogP contribution in [0.1, 0.15) is 5.56 Å². The molecule has 2 aromatic rings. The van der Waals surface area contributed by atoms with E-state index in [2.05, 4.69) is 0 Å². The fourth-order valence-corrected chi connectivity index (χ4v) is 2.81. The number of hydrogen-bond acceptors (Lipinski definition) is 0. The van der Waals surface area contributed by atoms with E-state index >= 15 is 0 Å². The van der Waals surface area contributed by atoms with E-state index in [1.807, 2.05) is 0 Å². The molecule has 0 radical (unpaired) electrons. The predicted molar refractivity (Wildman–Crippen MR) is 60.1 cm³/mol. The van der Waals surface area contributed by atoms with Crippen LogP contribution in [0.2, 0.25) is 0 Å². The molecule has 94 valence electrons. The molecule has 0 bridgehead atoms. The summed E-state index contributed by atoms with van der Waals surface area (Å²) in [5, 5.41) is -0.259. The Kier molecular flexibility index (Phi) is 1.96. The molecule has 0 nitrogen and oxygen atoms in total. The SMILES string of the molecule is Cc1cccc2cccc(S(F)(F)(F)(F)F)c12. The van der Waals surface area contributed by atoms with Gasteiger partial charge in [-0.1, -0.05) is 49.8 Å². The lowest BCUT2D eigenvalue weighted by Crippen LogP contribution is -2.07. The molecule has 0 aliphatic rings. The zero-order valence-corrected chi connectivity index (χ0v) is 9.58. The first kappa shape index (κ1) is 12.2. The second-order valence-corrected chi connectivity index (χ2v) is 6.28. The fourth-order valence-electron chi connectivity index (χ4n) is 1.81. The highest BCUT2D eigenvalue weighted by atomic mass is 32.5. The molecule has 0 unspecified atom stereocenters. The van der Waals surface area contributed by atoms with Crippen LogP contribution in [0.5, 0.6) is 0 Å². The van der Waals surface area contributed by atoms with Gasteiger partial charge >= 0.3 is 10.2 Å². The topological polar surface area (TPSA) is 0 Å². The van der Waals surface area contributed by atoms with Gasteiger partial charge in [-0.05, 0) is 23.9 Å². The second-order valence-electron chi connectivity index (χ2n) is 3.90. The molecule has 0 atom stereocenters. The molecule has 2 rings (SSSR count). The van der Waals surface area contributed by atoms with Gasteiger partial charge in [0.05, 0.1) is 0 Å². The van der Waals surface area contributed by atoms with Gasteiger partial charge in [0, 0.05) is 5.39 Å². The Morgan fingerprint density at radius 1 is 0.824 bits per heavy atom. The van der Waals surface area contributed by atoms with E-state index in [1.54, 1.807) is 0 Å². The summed E-state index contributed by atoms with van der Waals surface area (Å²) in [4.78, 5) is -1.80. The Morgan fingerprint density at radius 2 is 1.35 bits per heavy atom. The lowest BCUT2D eigenvalue weighted by Gasteiger charge is -2.41. The number of benzene rings is 2. The molecule has 0 saturated carbocycles. The maximum Gasteiger partial charge on any atom is 0.311 e. The monoisotopic (exact) mass is 268 g/mol. The fraction of sp³-hybridized carbons (Fsp3) is 0.0909. The maximum absolute atomic E-state index is 12.9. The quantitative estimate of drug-likeness (QED) is 0.573. The molecule has 6 heteroatoms. The number of rotatable bonds is 1. The Labute approximate surface area is 94.8 Å². The van der Waals surface area contributed by atoms with Crippen LogP contribution in [-0.2, 0) is 0 Å². The van der Waals surface area contributed by atoms with Crippen molar-refractivity contribution in [1.29, 1.82) is 0 Å². The molecular weight excluding hydrogens is 259 g/mol. The molecule has 0 aliphatic carbocycles. The lowest BCUT2D eigenvalue weighted by atomic mass is 10.1. The summed E-state index contributed by atoms with van der Waals surface area (Å²) < 4.78 is 64.3. The number of fused-ring (bicyclic) bond motifs is 1. The summed E-state index contributed by atoms with van der Waals surface area (Å²) in [5.74, 6) is 0. The molecule has 0 amide bonds. The second kappa shape index (κ2) is 2.75. The Hall–Kier alpha value is -1.30. The van der Waals surface area contributed by atoms with Gasteiger partial charge in [-0.15, -0.1) is 0 Å². The molecule has 0 fully saturated rings. The van der Waals surface area contributed by atoms with E-state index in [0.29, 0.717) is 6.07 Å². The summed E-state index contributed by atoms with van der Waals surface area (Å²) in [5.41, 5.74) is 0.186. The third-order valence-electron chi connectivity index (χ3n) is 2.49. The first-order valence-electron chi connectivity index (χ1n) is 4.71. The van der Waals surface area contributed by atoms with Crippen LogP contribution in [0.4, 0.5) is 19.4 Å². The van der Waals surface area contributed by atoms with Gasteiger partial charge in [-0.25, -0.2) is 0 Å². The molecule has 0 spiro atoms. The molecule has 2 aromatic carbocycles. The largest absolute Gasteiger partial charge is 0.311 e. The smallest absolute Gasteiger partial charge is 0.0936 e. The summed E-state index contributed by atoms with van der Waals surface area (Å²) >= 11 is 0. The zero-order valence-electron chi connectivity index (χ0n) is 8.76. The van der Waals surface area contributed by atoms with Gasteiger partial charge in [0.1, 0.15) is 4.90 Å². The third kappa shape index (κ3) is 2.22.